The predicted molar refractivity (Wildman–Crippen MR) is 139 cm³/mol. The molecule has 1 amide bonds. The van der Waals surface area contributed by atoms with E-state index in [4.69, 9.17) is 27.9 Å². The Morgan fingerprint density at radius 2 is 1.94 bits per heavy atom. The zero-order valence-electron chi connectivity index (χ0n) is 20.4. The Balaban J connectivity index is 1.89. The van der Waals surface area contributed by atoms with E-state index in [1.807, 2.05) is 19.1 Å². The van der Waals surface area contributed by atoms with Crippen LogP contribution in [0.1, 0.15) is 41.3 Å². The minimum atomic E-state index is -0.350. The van der Waals surface area contributed by atoms with Crippen LogP contribution in [0.5, 0.6) is 0 Å². The lowest BCUT2D eigenvalue weighted by molar-refractivity contribution is -0.147. The minimum Gasteiger partial charge on any atom is -0.469 e. The lowest BCUT2D eigenvalue weighted by Crippen LogP contribution is -2.28. The fraction of sp³-hybridized carbons (Fsp3) is 0.407. The highest BCUT2D eigenvalue weighted by atomic mass is 35.5. The van der Waals surface area contributed by atoms with Crippen molar-refractivity contribution in [3.63, 3.8) is 0 Å². The van der Waals surface area contributed by atoms with Crippen molar-refractivity contribution in [3.05, 3.63) is 68.3 Å². The van der Waals surface area contributed by atoms with E-state index >= 15 is 0 Å². The summed E-state index contributed by atoms with van der Waals surface area (Å²) in [6.45, 7) is 6.65. The number of amides is 1. The topological polar surface area (TPSA) is 60.3 Å². The van der Waals surface area contributed by atoms with E-state index in [1.165, 1.54) is 29.1 Å². The van der Waals surface area contributed by atoms with Crippen LogP contribution in [0.25, 0.3) is 10.9 Å². The smallest absolute Gasteiger partial charge is 0.309 e. The minimum absolute atomic E-state index is 0.0318. The zero-order chi connectivity index (χ0) is 25.0. The number of halogens is 2. The molecule has 0 aliphatic heterocycles. The Bertz CT molecular complexity index is 1200. The van der Waals surface area contributed by atoms with Gasteiger partial charge in [0, 0.05) is 46.7 Å². The van der Waals surface area contributed by atoms with Crippen molar-refractivity contribution >= 4 is 46.5 Å². The molecule has 3 rings (SSSR count). The Morgan fingerprint density at radius 1 is 1.21 bits per heavy atom. The van der Waals surface area contributed by atoms with E-state index in [9.17, 15) is 9.59 Å². The highest BCUT2D eigenvalue weighted by Gasteiger charge is 2.27. The van der Waals surface area contributed by atoms with Crippen molar-refractivity contribution < 1.29 is 14.3 Å². The number of nitrogens with zero attached hydrogens (tertiary/aromatic N) is 1. The summed E-state index contributed by atoms with van der Waals surface area (Å²) >= 11 is 13.5. The van der Waals surface area contributed by atoms with Gasteiger partial charge < -0.3 is 14.6 Å². The average molecular weight is 503 g/mol. The van der Waals surface area contributed by atoms with Gasteiger partial charge in [0.2, 0.25) is 6.41 Å². The van der Waals surface area contributed by atoms with Gasteiger partial charge >= 0.3 is 5.97 Å². The Morgan fingerprint density at radius 3 is 2.62 bits per heavy atom. The first-order chi connectivity index (χ1) is 16.2. The number of aromatic nitrogens is 1. The van der Waals surface area contributed by atoms with Crippen LogP contribution in [0.15, 0.2) is 30.3 Å². The van der Waals surface area contributed by atoms with Gasteiger partial charge in [-0.25, -0.2) is 0 Å². The van der Waals surface area contributed by atoms with Gasteiger partial charge in [-0.05, 0) is 73.1 Å². The standard InChI is InChI=1S/C27H32Cl2N2O3/c1-16-10-17(2)22-13-20(31(4)25(22)11-16)14-23-24(28)7-6-19(26(23)29)12-18(3)21(27(33)34-5)8-9-30-15-32/h6-7,10-11,13,15,18,21H,8-9,12,14H2,1-5H3,(H,30,32). The molecule has 5 nitrogen and oxygen atoms in total. The van der Waals surface area contributed by atoms with Crippen LogP contribution in [0.4, 0.5) is 0 Å². The molecule has 0 bridgehead atoms. The fourth-order valence-corrected chi connectivity index (χ4v) is 5.31. The van der Waals surface area contributed by atoms with Crippen molar-refractivity contribution in [1.29, 1.82) is 0 Å². The second-order valence-corrected chi connectivity index (χ2v) is 9.84. The van der Waals surface area contributed by atoms with Crippen LogP contribution in [0.2, 0.25) is 10.0 Å². The third-order valence-corrected chi connectivity index (χ3v) is 7.48. The second kappa shape index (κ2) is 11.3. The number of carbonyl (C=O) groups excluding carboxylic acids is 2. The molecule has 0 saturated carbocycles. The molecular formula is C27H32Cl2N2O3. The lowest BCUT2D eigenvalue weighted by Gasteiger charge is -2.23. The summed E-state index contributed by atoms with van der Waals surface area (Å²) < 4.78 is 7.20. The van der Waals surface area contributed by atoms with Gasteiger partial charge in [-0.3, -0.25) is 9.59 Å². The number of benzene rings is 2. The summed E-state index contributed by atoms with van der Waals surface area (Å²) in [6, 6.07) is 10.4. The van der Waals surface area contributed by atoms with Crippen LogP contribution < -0.4 is 5.32 Å². The molecule has 0 spiro atoms. The summed E-state index contributed by atoms with van der Waals surface area (Å²) in [5.74, 6) is -0.667. The molecule has 182 valence electrons. The third-order valence-electron chi connectivity index (χ3n) is 6.65. The fourth-order valence-electron chi connectivity index (χ4n) is 4.73. The van der Waals surface area contributed by atoms with Gasteiger partial charge in [0.15, 0.2) is 0 Å². The molecule has 0 radical (unpaired) electrons. The molecule has 0 aliphatic rings. The summed E-state index contributed by atoms with van der Waals surface area (Å²) in [7, 11) is 3.45. The van der Waals surface area contributed by atoms with Gasteiger partial charge in [0.1, 0.15) is 0 Å². The Hall–Kier alpha value is -2.50. The number of hydrogen-bond donors (Lipinski definition) is 1. The first-order valence-corrected chi connectivity index (χ1v) is 12.2. The SMILES string of the molecule is COC(=O)C(CCNC=O)C(C)Cc1ccc(Cl)c(Cc2cc3c(C)cc(C)cc3n2C)c1Cl. The largest absolute Gasteiger partial charge is 0.469 e. The molecule has 0 aliphatic carbocycles. The summed E-state index contributed by atoms with van der Waals surface area (Å²) in [5.41, 5.74) is 6.62. The quantitative estimate of drug-likeness (QED) is 0.216. The van der Waals surface area contributed by atoms with Gasteiger partial charge in [0.05, 0.1) is 13.0 Å². The maximum absolute atomic E-state index is 12.4. The number of rotatable bonds is 10. The summed E-state index contributed by atoms with van der Waals surface area (Å²) in [4.78, 5) is 23.0. The maximum Gasteiger partial charge on any atom is 0.309 e. The molecule has 1 aromatic heterocycles. The maximum atomic E-state index is 12.4. The van der Waals surface area contributed by atoms with Crippen molar-refractivity contribution in [2.45, 2.75) is 40.0 Å². The Labute approximate surface area is 211 Å². The van der Waals surface area contributed by atoms with Crippen LogP contribution >= 0.6 is 23.2 Å². The number of methoxy groups -OCH3 is 1. The molecule has 1 N–H and O–H groups in total. The summed E-state index contributed by atoms with van der Waals surface area (Å²) in [6.07, 6.45) is 2.33. The van der Waals surface area contributed by atoms with Crippen molar-refractivity contribution in [1.82, 2.24) is 9.88 Å². The van der Waals surface area contributed by atoms with Crippen LogP contribution in [0.3, 0.4) is 0 Å². The summed E-state index contributed by atoms with van der Waals surface area (Å²) in [5, 5.41) is 5.10. The van der Waals surface area contributed by atoms with E-state index < -0.39 is 0 Å². The molecule has 0 saturated heterocycles. The van der Waals surface area contributed by atoms with E-state index in [1.54, 1.807) is 0 Å². The highest BCUT2D eigenvalue weighted by Crippen LogP contribution is 2.34. The van der Waals surface area contributed by atoms with Crippen molar-refractivity contribution in [2.75, 3.05) is 13.7 Å². The second-order valence-electron chi connectivity index (χ2n) is 9.06. The number of ether oxygens (including phenoxy) is 1. The lowest BCUT2D eigenvalue weighted by atomic mass is 9.85. The van der Waals surface area contributed by atoms with E-state index in [0.717, 1.165) is 16.8 Å². The number of esters is 1. The number of fused-ring (bicyclic) bond motifs is 1. The van der Waals surface area contributed by atoms with Crippen LogP contribution in [-0.2, 0) is 34.2 Å². The first-order valence-electron chi connectivity index (χ1n) is 11.4. The number of aryl methyl sites for hydroxylation is 3. The van der Waals surface area contributed by atoms with Crippen LogP contribution in [-0.4, -0.2) is 30.6 Å². The van der Waals surface area contributed by atoms with Gasteiger partial charge in [0.25, 0.3) is 0 Å². The average Bonchev–Trinajstić information content (AvgIpc) is 3.11. The monoisotopic (exact) mass is 502 g/mol. The van der Waals surface area contributed by atoms with Crippen LogP contribution in [0, 0.1) is 25.7 Å². The van der Waals surface area contributed by atoms with E-state index in [-0.39, 0.29) is 17.8 Å². The van der Waals surface area contributed by atoms with Gasteiger partial charge in [-0.2, -0.15) is 0 Å². The molecule has 34 heavy (non-hydrogen) atoms. The van der Waals surface area contributed by atoms with Gasteiger partial charge in [-0.15, -0.1) is 0 Å². The number of carbonyl (C=O) groups is 2. The van der Waals surface area contributed by atoms with E-state index in [2.05, 4.69) is 49.0 Å². The third kappa shape index (κ3) is 5.59. The zero-order valence-corrected chi connectivity index (χ0v) is 21.9. The first kappa shape index (κ1) is 26.1. The molecule has 2 unspecified atom stereocenters. The molecule has 2 atom stereocenters. The number of nitrogens with one attached hydrogen (secondary N) is 1. The normalized spacial score (nSPS) is 13.0. The van der Waals surface area contributed by atoms with E-state index in [0.29, 0.717) is 42.3 Å². The van der Waals surface area contributed by atoms with Crippen molar-refractivity contribution in [2.24, 2.45) is 18.9 Å². The Kier molecular flexibility index (Phi) is 8.67. The molecular weight excluding hydrogens is 471 g/mol. The highest BCUT2D eigenvalue weighted by molar-refractivity contribution is 6.36. The predicted octanol–water partition coefficient (Wildman–Crippen LogP) is 5.80. The number of hydrogen-bond acceptors (Lipinski definition) is 3. The van der Waals surface area contributed by atoms with Gasteiger partial charge in [-0.1, -0.05) is 42.3 Å². The molecule has 1 heterocycles. The molecule has 2 aromatic carbocycles. The molecule has 3 aromatic rings. The molecule has 7 heteroatoms. The molecule has 0 fully saturated rings. The van der Waals surface area contributed by atoms with Crippen molar-refractivity contribution in [3.8, 4) is 0 Å².